The number of ether oxygens (including phenoxy) is 1. The molecule has 0 atom stereocenters. The molecule has 0 unspecified atom stereocenters. The Morgan fingerprint density at radius 1 is 0.923 bits per heavy atom. The van der Waals surface area contributed by atoms with E-state index in [9.17, 15) is 9.59 Å². The molecular weight excluding hydrogens is 330 g/mol. The fourth-order valence-corrected chi connectivity index (χ4v) is 3.64. The van der Waals surface area contributed by atoms with E-state index in [4.69, 9.17) is 9.84 Å². The highest BCUT2D eigenvalue weighted by Crippen LogP contribution is 2.44. The van der Waals surface area contributed by atoms with Gasteiger partial charge in [-0.25, -0.2) is 0 Å². The molecule has 1 aliphatic carbocycles. The van der Waals surface area contributed by atoms with Crippen LogP contribution in [-0.2, 0) is 9.59 Å². The Kier molecular flexibility index (Phi) is 5.56. The van der Waals surface area contributed by atoms with Crippen LogP contribution < -0.4 is 10.1 Å². The van der Waals surface area contributed by atoms with Crippen LogP contribution in [0, 0.1) is 5.41 Å². The van der Waals surface area contributed by atoms with Gasteiger partial charge in [0.25, 0.3) is 0 Å². The number of carbonyl (C=O) groups excluding carboxylic acids is 1. The normalized spacial score (nSPS) is 15.4. The summed E-state index contributed by atoms with van der Waals surface area (Å²) in [5.41, 5.74) is 0.283. The Hall–Kier alpha value is -2.82. The van der Waals surface area contributed by atoms with Gasteiger partial charge in [0, 0.05) is 12.1 Å². The first-order valence-corrected chi connectivity index (χ1v) is 8.89. The number of carboxylic acids is 1. The first kappa shape index (κ1) is 18.0. The molecule has 136 valence electrons. The van der Waals surface area contributed by atoms with E-state index < -0.39 is 11.4 Å². The topological polar surface area (TPSA) is 75.6 Å². The number of carboxylic acid groups (broad SMARTS) is 1. The van der Waals surface area contributed by atoms with Gasteiger partial charge in [0.15, 0.2) is 0 Å². The van der Waals surface area contributed by atoms with Crippen molar-refractivity contribution >= 4 is 17.6 Å². The van der Waals surface area contributed by atoms with Crippen molar-refractivity contribution < 1.29 is 19.4 Å². The number of nitrogens with one attached hydrogen (secondary N) is 1. The van der Waals surface area contributed by atoms with Gasteiger partial charge in [-0.15, -0.1) is 0 Å². The number of hydrogen-bond donors (Lipinski definition) is 2. The number of hydrogen-bond acceptors (Lipinski definition) is 3. The molecule has 0 saturated heterocycles. The molecule has 26 heavy (non-hydrogen) atoms. The fraction of sp³-hybridized carbons (Fsp3) is 0.333. The van der Waals surface area contributed by atoms with Crippen LogP contribution in [-0.4, -0.2) is 17.0 Å². The lowest BCUT2D eigenvalue weighted by Gasteiger charge is -2.26. The van der Waals surface area contributed by atoms with Crippen LogP contribution in [0.15, 0.2) is 54.6 Å². The molecule has 0 radical (unpaired) electrons. The van der Waals surface area contributed by atoms with E-state index in [1.807, 2.05) is 30.3 Å². The van der Waals surface area contributed by atoms with Crippen LogP contribution in [0.25, 0.3) is 0 Å². The van der Waals surface area contributed by atoms with Crippen molar-refractivity contribution in [3.05, 3.63) is 54.6 Å². The van der Waals surface area contributed by atoms with E-state index in [0.29, 0.717) is 11.4 Å². The zero-order valence-corrected chi connectivity index (χ0v) is 14.6. The van der Waals surface area contributed by atoms with Gasteiger partial charge in [0.2, 0.25) is 5.91 Å². The van der Waals surface area contributed by atoms with E-state index in [2.05, 4.69) is 5.32 Å². The molecule has 5 heteroatoms. The van der Waals surface area contributed by atoms with Crippen LogP contribution in [0.5, 0.6) is 11.5 Å². The van der Waals surface area contributed by atoms with Crippen LogP contribution >= 0.6 is 0 Å². The van der Waals surface area contributed by atoms with Gasteiger partial charge in [0.1, 0.15) is 11.5 Å². The van der Waals surface area contributed by atoms with Gasteiger partial charge >= 0.3 is 5.97 Å². The third kappa shape index (κ3) is 4.85. The number of benzene rings is 2. The van der Waals surface area contributed by atoms with Crippen LogP contribution in [0.3, 0.4) is 0 Å². The Morgan fingerprint density at radius 2 is 1.54 bits per heavy atom. The smallest absolute Gasteiger partial charge is 0.303 e. The van der Waals surface area contributed by atoms with E-state index in [0.717, 1.165) is 31.4 Å². The quantitative estimate of drug-likeness (QED) is 0.746. The molecule has 1 fully saturated rings. The second kappa shape index (κ2) is 8.04. The number of aliphatic carboxylic acids is 1. The lowest BCUT2D eigenvalue weighted by Crippen LogP contribution is -2.27. The average molecular weight is 353 g/mol. The van der Waals surface area contributed by atoms with Crippen molar-refractivity contribution in [3.8, 4) is 11.5 Å². The summed E-state index contributed by atoms with van der Waals surface area (Å²) < 4.78 is 5.73. The molecule has 2 aromatic rings. The zero-order valence-electron chi connectivity index (χ0n) is 14.6. The van der Waals surface area contributed by atoms with Crippen LogP contribution in [0.1, 0.15) is 38.5 Å². The van der Waals surface area contributed by atoms with E-state index in [1.54, 1.807) is 24.3 Å². The predicted molar refractivity (Wildman–Crippen MR) is 99.4 cm³/mol. The van der Waals surface area contributed by atoms with E-state index >= 15 is 0 Å². The number of para-hydroxylation sites is 1. The summed E-state index contributed by atoms with van der Waals surface area (Å²) >= 11 is 0. The van der Waals surface area contributed by atoms with Crippen molar-refractivity contribution in [2.24, 2.45) is 5.41 Å². The zero-order chi connectivity index (χ0) is 18.4. The summed E-state index contributed by atoms with van der Waals surface area (Å²) in [4.78, 5) is 23.5. The SMILES string of the molecule is O=C(O)CC1(CC(=O)Nc2ccc(Oc3ccccc3)cc2)CCCC1. The molecule has 1 saturated carbocycles. The molecule has 5 nitrogen and oxygen atoms in total. The molecular formula is C21H23NO4. The van der Waals surface area contributed by atoms with Gasteiger partial charge in [-0.3, -0.25) is 9.59 Å². The van der Waals surface area contributed by atoms with Crippen LogP contribution in [0.2, 0.25) is 0 Å². The fourth-order valence-electron chi connectivity index (χ4n) is 3.64. The highest BCUT2D eigenvalue weighted by molar-refractivity contribution is 5.91. The molecule has 1 amide bonds. The van der Waals surface area contributed by atoms with Crippen molar-refractivity contribution in [3.63, 3.8) is 0 Å². The molecule has 1 aliphatic rings. The molecule has 0 aromatic heterocycles. The number of amides is 1. The van der Waals surface area contributed by atoms with Crippen molar-refractivity contribution in [1.29, 1.82) is 0 Å². The van der Waals surface area contributed by atoms with Gasteiger partial charge in [-0.2, -0.15) is 0 Å². The van der Waals surface area contributed by atoms with Crippen molar-refractivity contribution in [2.45, 2.75) is 38.5 Å². The molecule has 3 rings (SSSR count). The molecule has 0 heterocycles. The van der Waals surface area contributed by atoms with Gasteiger partial charge < -0.3 is 15.2 Å². The molecule has 0 aliphatic heterocycles. The Bertz CT molecular complexity index is 749. The minimum Gasteiger partial charge on any atom is -0.481 e. The van der Waals surface area contributed by atoms with E-state index in [1.165, 1.54) is 0 Å². The largest absolute Gasteiger partial charge is 0.481 e. The summed E-state index contributed by atoms with van der Waals surface area (Å²) in [5.74, 6) is 0.473. The van der Waals surface area contributed by atoms with Crippen LogP contribution in [0.4, 0.5) is 5.69 Å². The lowest BCUT2D eigenvalue weighted by atomic mass is 9.79. The summed E-state index contributed by atoms with van der Waals surface area (Å²) in [6.45, 7) is 0. The number of rotatable bonds is 7. The second-order valence-electron chi connectivity index (χ2n) is 6.94. The first-order chi connectivity index (χ1) is 12.5. The Morgan fingerprint density at radius 3 is 2.15 bits per heavy atom. The Labute approximate surface area is 153 Å². The van der Waals surface area contributed by atoms with E-state index in [-0.39, 0.29) is 18.7 Å². The maximum Gasteiger partial charge on any atom is 0.303 e. The lowest BCUT2D eigenvalue weighted by molar-refractivity contribution is -0.140. The average Bonchev–Trinajstić information content (AvgIpc) is 3.04. The molecule has 0 bridgehead atoms. The minimum absolute atomic E-state index is 0.0598. The summed E-state index contributed by atoms with van der Waals surface area (Å²) in [6.07, 6.45) is 3.90. The Balaban J connectivity index is 1.58. The highest BCUT2D eigenvalue weighted by atomic mass is 16.5. The molecule has 2 N–H and O–H groups in total. The standard InChI is InChI=1S/C21H23NO4/c23-19(14-21(15-20(24)25)12-4-5-13-21)22-16-8-10-18(11-9-16)26-17-6-2-1-3-7-17/h1-3,6-11H,4-5,12-15H2,(H,22,23)(H,24,25). The van der Waals surface area contributed by atoms with Gasteiger partial charge in [-0.05, 0) is 54.7 Å². The number of anilines is 1. The first-order valence-electron chi connectivity index (χ1n) is 8.89. The maximum absolute atomic E-state index is 12.4. The summed E-state index contributed by atoms with van der Waals surface area (Å²) in [7, 11) is 0. The predicted octanol–water partition coefficient (Wildman–Crippen LogP) is 4.84. The van der Waals surface area contributed by atoms with Crippen molar-refractivity contribution in [1.82, 2.24) is 0 Å². The third-order valence-corrected chi connectivity index (χ3v) is 4.84. The summed E-state index contributed by atoms with van der Waals surface area (Å²) in [5, 5.41) is 12.0. The molecule has 0 spiro atoms. The highest BCUT2D eigenvalue weighted by Gasteiger charge is 2.37. The van der Waals surface area contributed by atoms with Gasteiger partial charge in [0.05, 0.1) is 6.42 Å². The second-order valence-corrected chi connectivity index (χ2v) is 6.94. The molecule has 2 aromatic carbocycles. The minimum atomic E-state index is -0.831. The maximum atomic E-state index is 12.4. The third-order valence-electron chi connectivity index (χ3n) is 4.84. The number of carbonyl (C=O) groups is 2. The van der Waals surface area contributed by atoms with Crippen molar-refractivity contribution in [2.75, 3.05) is 5.32 Å². The summed E-state index contributed by atoms with van der Waals surface area (Å²) in [6, 6.07) is 16.6. The monoisotopic (exact) mass is 353 g/mol. The van der Waals surface area contributed by atoms with Gasteiger partial charge in [-0.1, -0.05) is 31.0 Å².